The van der Waals surface area contributed by atoms with Gasteiger partial charge in [0.25, 0.3) is 0 Å². The van der Waals surface area contributed by atoms with Crippen LogP contribution in [0.2, 0.25) is 0 Å². The first kappa shape index (κ1) is 34.7. The van der Waals surface area contributed by atoms with Gasteiger partial charge in [0.1, 0.15) is 0 Å². The van der Waals surface area contributed by atoms with Gasteiger partial charge in [0, 0.05) is 52.4 Å². The highest BCUT2D eigenvalue weighted by molar-refractivity contribution is 5.79. The highest BCUT2D eigenvalue weighted by atomic mass is 16.4. The molecule has 0 aromatic rings. The number of nitrogens with one attached hydrogen (secondary N) is 2. The van der Waals surface area contributed by atoms with E-state index in [-0.39, 0.29) is 64.2 Å². The Morgan fingerprint density at radius 2 is 0.684 bits per heavy atom. The van der Waals surface area contributed by atoms with Crippen molar-refractivity contribution < 1.29 is 49.2 Å². The average Bonchev–Trinajstić information content (AvgIpc) is 2.77. The quantitative estimate of drug-likeness (QED) is 0.0741. The molecule has 0 aliphatic rings. The van der Waals surface area contributed by atoms with Crippen LogP contribution in [-0.2, 0) is 28.8 Å². The molecule has 0 heterocycles. The maximum atomic E-state index is 11.9. The Labute approximate surface area is 221 Å². The Morgan fingerprint density at radius 1 is 0.447 bits per heavy atom. The van der Waals surface area contributed by atoms with Crippen LogP contribution in [0.3, 0.4) is 0 Å². The molecule has 218 valence electrons. The third kappa shape index (κ3) is 18.9. The minimum Gasteiger partial charge on any atom is -0.480 e. The molecule has 0 saturated carbocycles. The summed E-state index contributed by atoms with van der Waals surface area (Å²) in [6.07, 6.45) is 0. The summed E-state index contributed by atoms with van der Waals surface area (Å²) in [4.78, 5) is 74.6. The molecule has 0 aliphatic heterocycles. The SMILES string of the molecule is CCNC(=O)CN(CCN(CCN(CCN(CC(=O)O)CC(=O)NCC)CC(=O)O)CC(=O)O)CC(=O)O. The van der Waals surface area contributed by atoms with Gasteiger partial charge >= 0.3 is 23.9 Å². The summed E-state index contributed by atoms with van der Waals surface area (Å²) in [5, 5.41) is 42.0. The molecule has 2 amide bonds. The molecule has 0 radical (unpaired) electrons. The van der Waals surface area contributed by atoms with Gasteiger partial charge in [-0.2, -0.15) is 0 Å². The Bertz CT molecular complexity index is 733. The fraction of sp³-hybridized carbons (Fsp3) is 0.727. The molecule has 0 fully saturated rings. The standard InChI is InChI=1S/C22H40N6O10/c1-3-23-17(29)11-27(15-21(35)36)9-7-25(13-19(31)32)5-6-26(14-20(33)34)8-10-28(16-22(37)38)12-18(30)24-4-2/h3-16H2,1-2H3,(H,23,29)(H,24,30)(H,31,32)(H,33,34)(H,35,36)(H,37,38). The van der Waals surface area contributed by atoms with E-state index in [0.29, 0.717) is 13.1 Å². The van der Waals surface area contributed by atoms with Crippen molar-refractivity contribution in [1.29, 1.82) is 0 Å². The molecular formula is C22H40N6O10. The molecule has 0 spiro atoms. The summed E-state index contributed by atoms with van der Waals surface area (Å²) in [6, 6.07) is 0. The summed E-state index contributed by atoms with van der Waals surface area (Å²) in [6.45, 7) is 2.75. The number of aliphatic carboxylic acids is 4. The van der Waals surface area contributed by atoms with Crippen molar-refractivity contribution in [2.45, 2.75) is 13.8 Å². The minimum absolute atomic E-state index is 0.0780. The van der Waals surface area contributed by atoms with Gasteiger partial charge in [-0.1, -0.05) is 0 Å². The van der Waals surface area contributed by atoms with E-state index >= 15 is 0 Å². The molecule has 16 heteroatoms. The lowest BCUT2D eigenvalue weighted by molar-refractivity contribution is -0.141. The molecule has 0 bridgehead atoms. The summed E-state index contributed by atoms with van der Waals surface area (Å²) in [5.41, 5.74) is 0. The lowest BCUT2D eigenvalue weighted by atomic mass is 10.3. The van der Waals surface area contributed by atoms with Crippen molar-refractivity contribution >= 4 is 35.7 Å². The molecule has 0 unspecified atom stereocenters. The molecule has 0 aromatic carbocycles. The lowest BCUT2D eigenvalue weighted by Crippen LogP contribution is -2.47. The largest absolute Gasteiger partial charge is 0.480 e. The molecule has 0 atom stereocenters. The van der Waals surface area contributed by atoms with Crippen LogP contribution in [0.4, 0.5) is 0 Å². The average molecular weight is 549 g/mol. The second-order valence-corrected chi connectivity index (χ2v) is 8.46. The van der Waals surface area contributed by atoms with E-state index < -0.39 is 50.1 Å². The van der Waals surface area contributed by atoms with Gasteiger partial charge in [0.05, 0.1) is 39.3 Å². The van der Waals surface area contributed by atoms with Crippen LogP contribution >= 0.6 is 0 Å². The van der Waals surface area contributed by atoms with E-state index in [0.717, 1.165) is 0 Å². The van der Waals surface area contributed by atoms with Crippen molar-refractivity contribution in [3.63, 3.8) is 0 Å². The summed E-state index contributed by atoms with van der Waals surface area (Å²) >= 11 is 0. The van der Waals surface area contributed by atoms with Gasteiger partial charge in [-0.05, 0) is 13.8 Å². The zero-order chi connectivity index (χ0) is 29.1. The van der Waals surface area contributed by atoms with E-state index in [2.05, 4.69) is 10.6 Å². The maximum Gasteiger partial charge on any atom is 0.317 e. The first-order valence-corrected chi connectivity index (χ1v) is 12.2. The van der Waals surface area contributed by atoms with Crippen molar-refractivity contribution in [3.05, 3.63) is 0 Å². The zero-order valence-electron chi connectivity index (χ0n) is 21.9. The van der Waals surface area contributed by atoms with E-state index in [1.807, 2.05) is 0 Å². The molecule has 0 aliphatic carbocycles. The number of carboxylic acids is 4. The van der Waals surface area contributed by atoms with Gasteiger partial charge in [-0.3, -0.25) is 48.4 Å². The van der Waals surface area contributed by atoms with Gasteiger partial charge in [0.15, 0.2) is 0 Å². The number of carbonyl (C=O) groups excluding carboxylic acids is 2. The van der Waals surface area contributed by atoms with Crippen molar-refractivity contribution in [2.75, 3.05) is 91.6 Å². The predicted octanol–water partition coefficient (Wildman–Crippen LogP) is -3.19. The van der Waals surface area contributed by atoms with Crippen LogP contribution in [-0.4, -0.2) is 167 Å². The fourth-order valence-electron chi connectivity index (χ4n) is 3.49. The molecule has 6 N–H and O–H groups in total. The number of rotatable bonds is 23. The molecule has 0 rings (SSSR count). The molecular weight excluding hydrogens is 508 g/mol. The number of nitrogens with zero attached hydrogens (tertiary/aromatic N) is 4. The third-order valence-corrected chi connectivity index (χ3v) is 5.12. The second-order valence-electron chi connectivity index (χ2n) is 8.46. The van der Waals surface area contributed by atoms with Crippen LogP contribution in [0.1, 0.15) is 13.8 Å². The van der Waals surface area contributed by atoms with Gasteiger partial charge in [0.2, 0.25) is 11.8 Å². The minimum atomic E-state index is -1.15. The summed E-state index contributed by atoms with van der Waals surface area (Å²) in [5.74, 6) is -5.32. The Morgan fingerprint density at radius 3 is 0.921 bits per heavy atom. The van der Waals surface area contributed by atoms with Gasteiger partial charge < -0.3 is 31.1 Å². The first-order valence-electron chi connectivity index (χ1n) is 12.2. The zero-order valence-corrected chi connectivity index (χ0v) is 21.9. The van der Waals surface area contributed by atoms with Crippen molar-refractivity contribution in [3.8, 4) is 0 Å². The normalized spacial score (nSPS) is 11.2. The van der Waals surface area contributed by atoms with E-state index in [4.69, 9.17) is 10.2 Å². The smallest absolute Gasteiger partial charge is 0.317 e. The van der Waals surface area contributed by atoms with Gasteiger partial charge in [-0.25, -0.2) is 0 Å². The fourth-order valence-corrected chi connectivity index (χ4v) is 3.49. The number of hydrogen-bond acceptors (Lipinski definition) is 10. The second kappa shape index (κ2) is 19.7. The van der Waals surface area contributed by atoms with Crippen molar-refractivity contribution in [2.24, 2.45) is 0 Å². The van der Waals surface area contributed by atoms with Crippen LogP contribution in [0.15, 0.2) is 0 Å². The number of hydrogen-bond donors (Lipinski definition) is 6. The van der Waals surface area contributed by atoms with Crippen LogP contribution in [0.25, 0.3) is 0 Å². The highest BCUT2D eigenvalue weighted by Gasteiger charge is 2.20. The topological polar surface area (TPSA) is 220 Å². The Balaban J connectivity index is 5.25. The molecule has 0 aromatic heterocycles. The Kier molecular flexibility index (Phi) is 18.0. The monoisotopic (exact) mass is 548 g/mol. The molecule has 16 nitrogen and oxygen atoms in total. The molecule has 0 saturated heterocycles. The first-order chi connectivity index (χ1) is 17.9. The summed E-state index contributed by atoms with van der Waals surface area (Å²) in [7, 11) is 0. The number of likely N-dealkylation sites (N-methyl/N-ethyl adjacent to an activating group) is 2. The van der Waals surface area contributed by atoms with E-state index in [1.165, 1.54) is 19.6 Å². The van der Waals surface area contributed by atoms with Gasteiger partial charge in [-0.15, -0.1) is 0 Å². The predicted molar refractivity (Wildman–Crippen MR) is 134 cm³/mol. The third-order valence-electron chi connectivity index (χ3n) is 5.12. The number of amides is 2. The lowest BCUT2D eigenvalue weighted by Gasteiger charge is -2.29. The Hall–Kier alpha value is -3.34. The highest BCUT2D eigenvalue weighted by Crippen LogP contribution is 1.99. The van der Waals surface area contributed by atoms with Crippen LogP contribution in [0, 0.1) is 0 Å². The van der Waals surface area contributed by atoms with Crippen molar-refractivity contribution in [1.82, 2.24) is 30.2 Å². The van der Waals surface area contributed by atoms with E-state index in [1.54, 1.807) is 13.8 Å². The number of carboxylic acid groups (broad SMARTS) is 4. The van der Waals surface area contributed by atoms with E-state index in [9.17, 15) is 39.0 Å². The maximum absolute atomic E-state index is 11.9. The van der Waals surface area contributed by atoms with Crippen LogP contribution in [0.5, 0.6) is 0 Å². The van der Waals surface area contributed by atoms with Crippen LogP contribution < -0.4 is 10.6 Å². The number of carbonyl (C=O) groups is 6. The molecule has 38 heavy (non-hydrogen) atoms. The summed E-state index contributed by atoms with van der Waals surface area (Å²) < 4.78 is 0.